The molecule has 2 nitrogen and oxygen atoms in total. The molecule has 20 heavy (non-hydrogen) atoms. The Hall–Kier alpha value is -0.0800. The molecule has 0 aromatic carbocycles. The topological polar surface area (TPSA) is 15.3 Å². The van der Waals surface area contributed by atoms with Crippen molar-refractivity contribution >= 4 is 0 Å². The minimum Gasteiger partial charge on any atom is -0.312 e. The van der Waals surface area contributed by atoms with Gasteiger partial charge in [0.1, 0.15) is 0 Å². The van der Waals surface area contributed by atoms with Gasteiger partial charge < -0.3 is 5.32 Å². The van der Waals surface area contributed by atoms with Crippen LogP contribution in [-0.4, -0.2) is 36.1 Å². The van der Waals surface area contributed by atoms with E-state index >= 15 is 0 Å². The maximum Gasteiger partial charge on any atom is 0.0357 e. The average Bonchev–Trinajstić information content (AvgIpc) is 2.97. The summed E-state index contributed by atoms with van der Waals surface area (Å²) < 4.78 is 0. The van der Waals surface area contributed by atoms with Crippen LogP contribution in [0.3, 0.4) is 0 Å². The summed E-state index contributed by atoms with van der Waals surface area (Å²) in [5.41, 5.74) is 0.349. The monoisotopic (exact) mass is 282 g/mol. The van der Waals surface area contributed by atoms with Gasteiger partial charge >= 0.3 is 0 Å². The van der Waals surface area contributed by atoms with Crippen molar-refractivity contribution in [2.75, 3.05) is 19.6 Å². The second-order valence-electron chi connectivity index (χ2n) is 6.48. The Kier molecular flexibility index (Phi) is 8.13. The van der Waals surface area contributed by atoms with Crippen molar-refractivity contribution in [1.29, 1.82) is 0 Å². The number of nitrogens with zero attached hydrogens (tertiary/aromatic N) is 1. The molecule has 1 unspecified atom stereocenters. The quantitative estimate of drug-likeness (QED) is 0.637. The van der Waals surface area contributed by atoms with Crippen molar-refractivity contribution in [2.45, 2.75) is 91.1 Å². The summed E-state index contributed by atoms with van der Waals surface area (Å²) in [4.78, 5) is 2.72. The summed E-state index contributed by atoms with van der Waals surface area (Å²) in [7, 11) is 0. The molecule has 2 heteroatoms. The molecule has 0 amide bonds. The molecule has 1 rings (SSSR count). The summed E-state index contributed by atoms with van der Waals surface area (Å²) in [6.07, 6.45) is 9.74. The van der Waals surface area contributed by atoms with Gasteiger partial charge in [0.25, 0.3) is 0 Å². The Morgan fingerprint density at radius 1 is 1.00 bits per heavy atom. The Morgan fingerprint density at radius 2 is 1.55 bits per heavy atom. The van der Waals surface area contributed by atoms with Crippen molar-refractivity contribution in [3.8, 4) is 0 Å². The van der Waals surface area contributed by atoms with Crippen LogP contribution >= 0.6 is 0 Å². The van der Waals surface area contributed by atoms with Crippen LogP contribution in [-0.2, 0) is 0 Å². The predicted molar refractivity (Wildman–Crippen MR) is 90.3 cm³/mol. The van der Waals surface area contributed by atoms with Crippen molar-refractivity contribution < 1.29 is 0 Å². The molecule has 0 aromatic heterocycles. The lowest BCUT2D eigenvalue weighted by molar-refractivity contribution is 0.0407. The van der Waals surface area contributed by atoms with Gasteiger partial charge in [-0.05, 0) is 44.8 Å². The highest BCUT2D eigenvalue weighted by Crippen LogP contribution is 2.36. The molecule has 0 saturated heterocycles. The Morgan fingerprint density at radius 3 is 1.95 bits per heavy atom. The number of nitrogens with one attached hydrogen (secondary N) is 1. The molecular weight excluding hydrogens is 244 g/mol. The van der Waals surface area contributed by atoms with E-state index in [0.29, 0.717) is 11.6 Å². The molecule has 120 valence electrons. The molecule has 0 bridgehead atoms. The van der Waals surface area contributed by atoms with Gasteiger partial charge in [0, 0.05) is 11.6 Å². The van der Waals surface area contributed by atoms with Gasteiger partial charge in [0.15, 0.2) is 0 Å². The van der Waals surface area contributed by atoms with Crippen LogP contribution in [0.25, 0.3) is 0 Å². The standard InChI is InChI=1S/C18H38N2/c1-6-18(7-2,20(9-4)10-5)17(19-8-3)15-16-13-11-12-14-16/h16-17,19H,6-15H2,1-5H3. The van der Waals surface area contributed by atoms with Gasteiger partial charge in [-0.15, -0.1) is 0 Å². The first-order valence-corrected chi connectivity index (χ1v) is 9.16. The van der Waals surface area contributed by atoms with Crippen LogP contribution in [0.4, 0.5) is 0 Å². The largest absolute Gasteiger partial charge is 0.312 e. The third-order valence-electron chi connectivity index (χ3n) is 5.76. The van der Waals surface area contributed by atoms with E-state index in [1.165, 1.54) is 58.0 Å². The highest BCUT2D eigenvalue weighted by molar-refractivity contribution is 4.99. The zero-order valence-corrected chi connectivity index (χ0v) is 14.7. The summed E-state index contributed by atoms with van der Waals surface area (Å²) in [5.74, 6) is 0.965. The van der Waals surface area contributed by atoms with E-state index in [1.807, 2.05) is 0 Å². The van der Waals surface area contributed by atoms with Gasteiger partial charge in [-0.2, -0.15) is 0 Å². The highest BCUT2D eigenvalue weighted by Gasteiger charge is 2.40. The van der Waals surface area contributed by atoms with Gasteiger partial charge in [-0.25, -0.2) is 0 Å². The SMILES string of the molecule is CCNC(CC1CCCC1)C(CC)(CC)N(CC)CC. The summed E-state index contributed by atoms with van der Waals surface area (Å²) in [6, 6.07) is 0.658. The van der Waals surface area contributed by atoms with Gasteiger partial charge in [0.05, 0.1) is 0 Å². The fourth-order valence-corrected chi connectivity index (χ4v) is 4.58. The van der Waals surface area contributed by atoms with E-state index in [0.717, 1.165) is 12.5 Å². The Bertz CT molecular complexity index is 238. The van der Waals surface area contributed by atoms with Crippen molar-refractivity contribution in [2.24, 2.45) is 5.92 Å². The van der Waals surface area contributed by atoms with E-state index < -0.39 is 0 Å². The summed E-state index contributed by atoms with van der Waals surface area (Å²) in [6.45, 7) is 15.1. The first-order chi connectivity index (χ1) is 9.68. The zero-order chi connectivity index (χ0) is 15.0. The van der Waals surface area contributed by atoms with E-state index in [-0.39, 0.29) is 0 Å². The Labute approximate surface area is 127 Å². The molecular formula is C18H38N2. The van der Waals surface area contributed by atoms with E-state index in [2.05, 4.69) is 44.8 Å². The van der Waals surface area contributed by atoms with E-state index in [9.17, 15) is 0 Å². The normalized spacial score (nSPS) is 18.9. The molecule has 0 spiro atoms. The fourth-order valence-electron chi connectivity index (χ4n) is 4.58. The smallest absolute Gasteiger partial charge is 0.0357 e. The number of likely N-dealkylation sites (N-methyl/N-ethyl adjacent to an activating group) is 2. The molecule has 1 N–H and O–H groups in total. The van der Waals surface area contributed by atoms with Gasteiger partial charge in [-0.1, -0.05) is 60.3 Å². The molecule has 1 aliphatic carbocycles. The maximum absolute atomic E-state index is 3.86. The van der Waals surface area contributed by atoms with Crippen LogP contribution in [0.2, 0.25) is 0 Å². The number of hydrogen-bond donors (Lipinski definition) is 1. The number of hydrogen-bond acceptors (Lipinski definition) is 2. The second kappa shape index (κ2) is 9.04. The number of rotatable bonds is 10. The first-order valence-electron chi connectivity index (χ1n) is 9.16. The van der Waals surface area contributed by atoms with E-state index in [4.69, 9.17) is 0 Å². The molecule has 1 aliphatic rings. The van der Waals surface area contributed by atoms with Crippen LogP contribution in [0.5, 0.6) is 0 Å². The first kappa shape index (κ1) is 18.0. The van der Waals surface area contributed by atoms with Crippen LogP contribution in [0, 0.1) is 5.92 Å². The van der Waals surface area contributed by atoms with Crippen LogP contribution < -0.4 is 5.32 Å². The highest BCUT2D eigenvalue weighted by atomic mass is 15.2. The summed E-state index contributed by atoms with van der Waals surface area (Å²) >= 11 is 0. The van der Waals surface area contributed by atoms with Crippen molar-refractivity contribution in [3.05, 3.63) is 0 Å². The lowest BCUT2D eigenvalue weighted by atomic mass is 9.78. The maximum atomic E-state index is 3.86. The minimum atomic E-state index is 0.349. The van der Waals surface area contributed by atoms with Crippen LogP contribution in [0.15, 0.2) is 0 Å². The van der Waals surface area contributed by atoms with Crippen molar-refractivity contribution in [1.82, 2.24) is 10.2 Å². The summed E-state index contributed by atoms with van der Waals surface area (Å²) in [5, 5.41) is 3.86. The molecule has 1 saturated carbocycles. The molecule has 0 aliphatic heterocycles. The molecule has 1 fully saturated rings. The fraction of sp³-hybridized carbons (Fsp3) is 1.00. The molecule has 0 heterocycles. The third kappa shape index (κ3) is 3.98. The van der Waals surface area contributed by atoms with Crippen molar-refractivity contribution in [3.63, 3.8) is 0 Å². The third-order valence-corrected chi connectivity index (χ3v) is 5.76. The molecule has 0 aromatic rings. The lowest BCUT2D eigenvalue weighted by Gasteiger charge is -2.49. The van der Waals surface area contributed by atoms with Crippen LogP contribution in [0.1, 0.15) is 79.6 Å². The average molecular weight is 283 g/mol. The zero-order valence-electron chi connectivity index (χ0n) is 14.7. The molecule has 0 radical (unpaired) electrons. The minimum absolute atomic E-state index is 0.349. The molecule has 1 atom stereocenters. The Balaban J connectivity index is 2.90. The lowest BCUT2D eigenvalue weighted by Crippen LogP contribution is -2.61. The van der Waals surface area contributed by atoms with Gasteiger partial charge in [-0.3, -0.25) is 4.90 Å². The second-order valence-corrected chi connectivity index (χ2v) is 6.48. The van der Waals surface area contributed by atoms with E-state index in [1.54, 1.807) is 0 Å². The van der Waals surface area contributed by atoms with Gasteiger partial charge in [0.2, 0.25) is 0 Å². The predicted octanol–water partition coefficient (Wildman–Crippen LogP) is 4.45.